The Bertz CT molecular complexity index is 873. The van der Waals surface area contributed by atoms with Crippen LogP contribution in [0.4, 0.5) is 0 Å². The molecule has 0 fully saturated rings. The maximum absolute atomic E-state index is 10.4. The zero-order valence-corrected chi connectivity index (χ0v) is 19.4. The predicted molar refractivity (Wildman–Crippen MR) is 87.4 cm³/mol. The summed E-state index contributed by atoms with van der Waals surface area (Å²) in [5.41, 5.74) is 1.39. The Kier molecular flexibility index (Phi) is 9.18. The van der Waals surface area contributed by atoms with E-state index in [0.29, 0.717) is 11.1 Å². The number of hydrogen-bond acceptors (Lipinski definition) is 8. The summed E-state index contributed by atoms with van der Waals surface area (Å²) in [6, 6.07) is 7.53. The van der Waals surface area contributed by atoms with Gasteiger partial charge in [-0.25, -0.2) is 16.8 Å². The Morgan fingerprint density at radius 3 is 1.20 bits per heavy atom. The van der Waals surface area contributed by atoms with E-state index in [1.807, 2.05) is 0 Å². The van der Waals surface area contributed by atoms with Crippen LogP contribution in [0.15, 0.2) is 46.2 Å². The van der Waals surface area contributed by atoms with Gasteiger partial charge in [0.1, 0.15) is 31.7 Å². The predicted octanol–water partition coefficient (Wildman–Crippen LogP) is 0.829. The van der Waals surface area contributed by atoms with Gasteiger partial charge < -0.3 is 19.3 Å². The van der Waals surface area contributed by atoms with E-state index in [1.165, 1.54) is 24.3 Å². The number of benzene rings is 2. The van der Waals surface area contributed by atoms with Crippen LogP contribution in [-0.2, 0) is 20.2 Å². The van der Waals surface area contributed by atoms with Crippen LogP contribution in [0.5, 0.6) is 11.5 Å². The van der Waals surface area contributed by atoms with Crippen LogP contribution in [-0.4, -0.2) is 85.0 Å². The fourth-order valence-corrected chi connectivity index (χ4v) is 2.78. The van der Waals surface area contributed by atoms with Crippen molar-refractivity contribution < 1.29 is 36.2 Å². The van der Waals surface area contributed by atoms with Crippen molar-refractivity contribution >= 4 is 69.1 Å². The van der Waals surface area contributed by atoms with Gasteiger partial charge in [0.2, 0.25) is 0 Å². The summed E-state index contributed by atoms with van der Waals surface area (Å²) in [6.45, 7) is 3.36. The van der Waals surface area contributed by atoms with Crippen LogP contribution < -0.4 is 0 Å². The third-order valence-corrected chi connectivity index (χ3v) is 4.54. The third kappa shape index (κ3) is 7.68. The summed E-state index contributed by atoms with van der Waals surface area (Å²) in [5.74, 6) is -0.991. The molecule has 132 valence electrons. The van der Waals surface area contributed by atoms with Gasteiger partial charge in [-0.05, 0) is 49.2 Å². The molecule has 2 N–H and O–H groups in total. The molecule has 11 heteroatoms. The zero-order valence-electron chi connectivity index (χ0n) is 13.3. The minimum absolute atomic E-state index is 0. The van der Waals surface area contributed by atoms with E-state index in [4.69, 9.17) is 10.2 Å². The van der Waals surface area contributed by atoms with Crippen molar-refractivity contribution in [3.63, 3.8) is 0 Å². The molecule has 2 rings (SSSR count). The van der Waals surface area contributed by atoms with Gasteiger partial charge in [0.15, 0.2) is 0 Å². The topological polar surface area (TPSA) is 155 Å². The van der Waals surface area contributed by atoms with Crippen molar-refractivity contribution in [3.8, 4) is 11.5 Å². The first-order valence-corrected chi connectivity index (χ1v) is 9.15. The van der Waals surface area contributed by atoms with Crippen LogP contribution in [0.1, 0.15) is 11.1 Å². The van der Waals surface area contributed by atoms with Crippen LogP contribution in [0, 0.1) is 13.8 Å². The average molecular weight is 512 g/mol. The summed E-state index contributed by atoms with van der Waals surface area (Å²) in [6.07, 6.45) is 0. The second-order valence-corrected chi connectivity index (χ2v) is 7.55. The molecular formula is C14H14BaO8S2. The monoisotopic (exact) mass is 512 g/mol. The first-order chi connectivity index (χ1) is 10.8. The number of hydrogen-bond donors (Lipinski definition) is 2. The van der Waals surface area contributed by atoms with Crippen LogP contribution in [0.3, 0.4) is 0 Å². The first-order valence-electron chi connectivity index (χ1n) is 6.33. The number of aryl methyl sites for hydroxylation is 2. The third-order valence-electron chi connectivity index (χ3n) is 2.77. The molecule has 0 heterocycles. The molecule has 0 bridgehead atoms. The molecule has 0 saturated carbocycles. The normalized spacial score (nSPS) is 11.0. The molecule has 0 saturated heterocycles. The minimum atomic E-state index is -4.55. The van der Waals surface area contributed by atoms with Crippen molar-refractivity contribution in [2.75, 3.05) is 0 Å². The Morgan fingerprint density at radius 2 is 1.00 bits per heavy atom. The van der Waals surface area contributed by atoms with Crippen LogP contribution in [0.2, 0.25) is 0 Å². The SMILES string of the molecule is Cc1ccc(S(=O)(=O)[O-])c(O)c1.Cc1ccc(S(=O)(=O)[O-])c(O)c1.[Ba+2]. The number of phenolic OH excluding ortho intramolecular Hbond substituents is 2. The molecule has 0 aliphatic rings. The molecule has 0 unspecified atom stereocenters. The maximum Gasteiger partial charge on any atom is 2.00 e. The summed E-state index contributed by atoms with van der Waals surface area (Å²) < 4.78 is 62.7. The van der Waals surface area contributed by atoms with Crippen molar-refractivity contribution in [2.24, 2.45) is 0 Å². The van der Waals surface area contributed by atoms with E-state index in [9.17, 15) is 25.9 Å². The van der Waals surface area contributed by atoms with Gasteiger partial charge in [-0.2, -0.15) is 0 Å². The van der Waals surface area contributed by atoms with E-state index < -0.39 is 41.5 Å². The first kappa shape index (κ1) is 24.4. The molecule has 2 aromatic rings. The molecule has 0 radical (unpaired) electrons. The van der Waals surface area contributed by atoms with Gasteiger partial charge in [0.25, 0.3) is 0 Å². The molecule has 8 nitrogen and oxygen atoms in total. The Hall–Kier alpha value is -0.569. The van der Waals surface area contributed by atoms with Crippen molar-refractivity contribution in [1.82, 2.24) is 0 Å². The van der Waals surface area contributed by atoms with E-state index in [1.54, 1.807) is 13.8 Å². The summed E-state index contributed by atoms with van der Waals surface area (Å²) >= 11 is 0. The van der Waals surface area contributed by atoms with E-state index >= 15 is 0 Å². The molecular weight excluding hydrogens is 498 g/mol. The molecule has 0 aliphatic heterocycles. The van der Waals surface area contributed by atoms with Gasteiger partial charge in [-0.15, -0.1) is 0 Å². The molecule has 0 atom stereocenters. The molecule has 0 aromatic heterocycles. The van der Waals surface area contributed by atoms with Gasteiger partial charge in [0, 0.05) is 0 Å². The number of aromatic hydroxyl groups is 2. The van der Waals surface area contributed by atoms with Crippen LogP contribution >= 0.6 is 0 Å². The molecule has 0 aliphatic carbocycles. The average Bonchev–Trinajstić information content (AvgIpc) is 2.35. The van der Waals surface area contributed by atoms with E-state index in [2.05, 4.69) is 0 Å². The zero-order chi connectivity index (χ0) is 18.7. The van der Waals surface area contributed by atoms with Gasteiger partial charge >= 0.3 is 48.9 Å². The smallest absolute Gasteiger partial charge is 0.744 e. The van der Waals surface area contributed by atoms with Gasteiger partial charge in [-0.3, -0.25) is 0 Å². The second-order valence-electron chi connectivity index (χ2n) is 4.85. The standard InChI is InChI=1S/2C7H8O4S.Ba/c2*1-5-2-3-7(6(8)4-5)12(9,10)11;/h2*2-4,8H,1H3,(H,9,10,11);/q;;+2/p-2. The minimum Gasteiger partial charge on any atom is -0.744 e. The molecule has 0 spiro atoms. The van der Waals surface area contributed by atoms with Crippen molar-refractivity contribution in [2.45, 2.75) is 23.6 Å². The number of phenols is 2. The maximum atomic E-state index is 10.4. The molecule has 2 aromatic carbocycles. The Labute approximate surface area is 186 Å². The van der Waals surface area contributed by atoms with Crippen LogP contribution in [0.25, 0.3) is 0 Å². The fraction of sp³-hybridized carbons (Fsp3) is 0.143. The van der Waals surface area contributed by atoms with Gasteiger partial charge in [0.05, 0.1) is 9.79 Å². The Balaban J connectivity index is 0.000000443. The molecule has 25 heavy (non-hydrogen) atoms. The Morgan fingerprint density at radius 1 is 0.720 bits per heavy atom. The quantitative estimate of drug-likeness (QED) is 0.444. The van der Waals surface area contributed by atoms with Crippen molar-refractivity contribution in [3.05, 3.63) is 47.5 Å². The summed E-state index contributed by atoms with van der Waals surface area (Å²) in [7, 11) is -9.10. The second kappa shape index (κ2) is 9.39. The summed E-state index contributed by atoms with van der Waals surface area (Å²) in [4.78, 5) is -1.15. The fourth-order valence-electron chi connectivity index (χ4n) is 1.68. The van der Waals surface area contributed by atoms with E-state index in [0.717, 1.165) is 12.1 Å². The van der Waals surface area contributed by atoms with Crippen molar-refractivity contribution in [1.29, 1.82) is 0 Å². The van der Waals surface area contributed by atoms with E-state index in [-0.39, 0.29) is 48.9 Å². The van der Waals surface area contributed by atoms with Gasteiger partial charge in [-0.1, -0.05) is 12.1 Å². The largest absolute Gasteiger partial charge is 2.00 e. The number of rotatable bonds is 2. The molecule has 0 amide bonds. The summed E-state index contributed by atoms with van der Waals surface area (Å²) in [5, 5.41) is 18.1.